The zero-order chi connectivity index (χ0) is 17.7. The fourth-order valence-corrected chi connectivity index (χ4v) is 3.15. The second-order valence-corrected chi connectivity index (χ2v) is 6.35. The van der Waals surface area contributed by atoms with E-state index in [1.165, 1.54) is 0 Å². The molecule has 1 atom stereocenters. The molecule has 2 rings (SSSR count). The van der Waals surface area contributed by atoms with Crippen LogP contribution >= 0.6 is 0 Å². The average Bonchev–Trinajstić information content (AvgIpc) is 2.97. The third-order valence-corrected chi connectivity index (χ3v) is 4.57. The van der Waals surface area contributed by atoms with Crippen molar-refractivity contribution in [2.45, 2.75) is 40.0 Å². The Morgan fingerprint density at radius 3 is 2.75 bits per heavy atom. The number of amides is 2. The molecule has 132 valence electrons. The maximum absolute atomic E-state index is 12.7. The minimum Gasteiger partial charge on any atom is -0.495 e. The molecule has 2 amide bonds. The molecule has 0 aliphatic carbocycles. The van der Waals surface area contributed by atoms with Crippen molar-refractivity contribution in [3.8, 4) is 5.75 Å². The molecule has 1 unspecified atom stereocenters. The van der Waals surface area contributed by atoms with Crippen LogP contribution in [0.2, 0.25) is 0 Å². The normalized spacial score (nSPS) is 17.2. The first-order valence-corrected chi connectivity index (χ1v) is 8.75. The number of carbonyl (C=O) groups excluding carboxylic acids is 2. The minimum absolute atomic E-state index is 0.0104. The van der Waals surface area contributed by atoms with E-state index in [-0.39, 0.29) is 24.2 Å². The molecular formula is C19H28N2O3. The molecule has 24 heavy (non-hydrogen) atoms. The summed E-state index contributed by atoms with van der Waals surface area (Å²) in [4.78, 5) is 28.8. The Labute approximate surface area is 144 Å². The number of carbonyl (C=O) groups is 2. The van der Waals surface area contributed by atoms with Gasteiger partial charge in [-0.25, -0.2) is 0 Å². The van der Waals surface area contributed by atoms with Crippen LogP contribution in [0.15, 0.2) is 18.2 Å². The molecule has 0 spiro atoms. The second kappa shape index (κ2) is 8.18. The molecule has 1 heterocycles. The van der Waals surface area contributed by atoms with Crippen LogP contribution in [0.4, 0.5) is 5.69 Å². The van der Waals surface area contributed by atoms with Crippen LogP contribution in [-0.4, -0.2) is 43.5 Å². The van der Waals surface area contributed by atoms with Gasteiger partial charge in [0.1, 0.15) is 5.75 Å². The van der Waals surface area contributed by atoms with E-state index in [1.54, 1.807) is 12.0 Å². The van der Waals surface area contributed by atoms with E-state index in [0.29, 0.717) is 18.8 Å². The average molecular weight is 332 g/mol. The van der Waals surface area contributed by atoms with Crippen LogP contribution in [0, 0.1) is 12.8 Å². The van der Waals surface area contributed by atoms with Crippen molar-refractivity contribution < 1.29 is 14.3 Å². The first kappa shape index (κ1) is 18.3. The van der Waals surface area contributed by atoms with Gasteiger partial charge in [0, 0.05) is 26.1 Å². The molecule has 5 nitrogen and oxygen atoms in total. The second-order valence-electron chi connectivity index (χ2n) is 6.35. The summed E-state index contributed by atoms with van der Waals surface area (Å²) in [6.07, 6.45) is 2.33. The summed E-state index contributed by atoms with van der Waals surface area (Å²) < 4.78 is 5.39. The van der Waals surface area contributed by atoms with Crippen LogP contribution in [0.5, 0.6) is 5.75 Å². The Kier molecular flexibility index (Phi) is 6.23. The van der Waals surface area contributed by atoms with Crippen LogP contribution in [0.25, 0.3) is 0 Å². The molecular weight excluding hydrogens is 304 g/mol. The molecule has 1 fully saturated rings. The number of ether oxygens (including phenoxy) is 1. The van der Waals surface area contributed by atoms with Gasteiger partial charge < -0.3 is 14.5 Å². The number of methoxy groups -OCH3 is 1. The number of anilines is 1. The molecule has 5 heteroatoms. The monoisotopic (exact) mass is 332 g/mol. The van der Waals surface area contributed by atoms with Gasteiger partial charge in [0.05, 0.1) is 18.7 Å². The molecule has 0 saturated carbocycles. The number of aryl methyl sites for hydroxylation is 1. The van der Waals surface area contributed by atoms with E-state index in [4.69, 9.17) is 4.74 Å². The van der Waals surface area contributed by atoms with Gasteiger partial charge in [-0.3, -0.25) is 9.59 Å². The number of rotatable bonds is 7. The molecule has 1 aliphatic heterocycles. The van der Waals surface area contributed by atoms with Crippen molar-refractivity contribution in [1.82, 2.24) is 4.90 Å². The quantitative estimate of drug-likeness (QED) is 0.771. The van der Waals surface area contributed by atoms with E-state index in [1.807, 2.05) is 36.9 Å². The fraction of sp³-hybridized carbons (Fsp3) is 0.579. The van der Waals surface area contributed by atoms with Crippen LogP contribution in [0.3, 0.4) is 0 Å². The lowest BCUT2D eigenvalue weighted by Crippen LogP contribution is -2.38. The fourth-order valence-electron chi connectivity index (χ4n) is 3.15. The van der Waals surface area contributed by atoms with E-state index >= 15 is 0 Å². The van der Waals surface area contributed by atoms with Gasteiger partial charge in [0.15, 0.2) is 0 Å². The highest BCUT2D eigenvalue weighted by Crippen LogP contribution is 2.34. The van der Waals surface area contributed by atoms with Crippen molar-refractivity contribution >= 4 is 17.5 Å². The standard InChI is InChI=1S/C19H28N2O3/c1-5-7-10-20(6-2)19(23)15-12-18(22)21(13-15)16-11-14(3)8-9-17(16)24-4/h8-9,11,15H,5-7,10,12-13H2,1-4H3. The maximum Gasteiger partial charge on any atom is 0.228 e. The predicted molar refractivity (Wildman–Crippen MR) is 95.4 cm³/mol. The summed E-state index contributed by atoms with van der Waals surface area (Å²) in [5.41, 5.74) is 1.82. The number of benzene rings is 1. The smallest absolute Gasteiger partial charge is 0.228 e. The summed E-state index contributed by atoms with van der Waals surface area (Å²) >= 11 is 0. The summed E-state index contributed by atoms with van der Waals surface area (Å²) in [7, 11) is 1.60. The van der Waals surface area contributed by atoms with Crippen molar-refractivity contribution in [1.29, 1.82) is 0 Å². The Bertz CT molecular complexity index is 600. The van der Waals surface area contributed by atoms with E-state index in [9.17, 15) is 9.59 Å². The van der Waals surface area contributed by atoms with Crippen LogP contribution in [-0.2, 0) is 9.59 Å². The lowest BCUT2D eigenvalue weighted by Gasteiger charge is -2.24. The number of nitrogens with zero attached hydrogens (tertiary/aromatic N) is 2. The van der Waals surface area contributed by atoms with E-state index in [2.05, 4.69) is 6.92 Å². The molecule has 1 aromatic carbocycles. The van der Waals surface area contributed by atoms with E-state index < -0.39 is 0 Å². The molecule has 0 radical (unpaired) electrons. The zero-order valence-corrected chi connectivity index (χ0v) is 15.2. The molecule has 1 aromatic rings. The first-order valence-electron chi connectivity index (χ1n) is 8.75. The topological polar surface area (TPSA) is 49.9 Å². The summed E-state index contributed by atoms with van der Waals surface area (Å²) in [6.45, 7) is 7.98. The summed E-state index contributed by atoms with van der Waals surface area (Å²) in [5, 5.41) is 0. The molecule has 0 aromatic heterocycles. The number of hydrogen-bond donors (Lipinski definition) is 0. The summed E-state index contributed by atoms with van der Waals surface area (Å²) in [6, 6.07) is 5.76. The maximum atomic E-state index is 12.7. The Balaban J connectivity index is 2.16. The minimum atomic E-state index is -0.264. The molecule has 1 saturated heterocycles. The third-order valence-electron chi connectivity index (χ3n) is 4.57. The third kappa shape index (κ3) is 3.89. The van der Waals surface area contributed by atoms with Gasteiger partial charge >= 0.3 is 0 Å². The van der Waals surface area contributed by atoms with Gasteiger partial charge in [-0.05, 0) is 38.0 Å². The number of hydrogen-bond acceptors (Lipinski definition) is 3. The van der Waals surface area contributed by atoms with Gasteiger partial charge in [-0.2, -0.15) is 0 Å². The zero-order valence-electron chi connectivity index (χ0n) is 15.2. The van der Waals surface area contributed by atoms with Crippen molar-refractivity contribution in [2.75, 3.05) is 31.6 Å². The van der Waals surface area contributed by atoms with Gasteiger partial charge in [-0.1, -0.05) is 19.4 Å². The first-order chi connectivity index (χ1) is 11.5. The van der Waals surface area contributed by atoms with E-state index in [0.717, 1.165) is 30.6 Å². The highest BCUT2D eigenvalue weighted by Gasteiger charge is 2.37. The predicted octanol–water partition coefficient (Wildman–Crippen LogP) is 3.01. The van der Waals surface area contributed by atoms with Gasteiger partial charge in [0.2, 0.25) is 11.8 Å². The lowest BCUT2D eigenvalue weighted by atomic mass is 10.1. The van der Waals surface area contributed by atoms with Crippen molar-refractivity contribution in [3.05, 3.63) is 23.8 Å². The largest absolute Gasteiger partial charge is 0.495 e. The van der Waals surface area contributed by atoms with Crippen molar-refractivity contribution in [2.24, 2.45) is 5.92 Å². The lowest BCUT2D eigenvalue weighted by molar-refractivity contribution is -0.135. The summed E-state index contributed by atoms with van der Waals surface area (Å²) in [5.74, 6) is 0.483. The Morgan fingerprint density at radius 1 is 1.38 bits per heavy atom. The van der Waals surface area contributed by atoms with Crippen LogP contribution < -0.4 is 9.64 Å². The van der Waals surface area contributed by atoms with Gasteiger partial charge in [0.25, 0.3) is 0 Å². The number of unbranched alkanes of at least 4 members (excludes halogenated alkanes) is 1. The SMILES string of the molecule is CCCCN(CC)C(=O)C1CC(=O)N(c2cc(C)ccc2OC)C1. The van der Waals surface area contributed by atoms with Gasteiger partial charge in [-0.15, -0.1) is 0 Å². The molecule has 0 bridgehead atoms. The highest BCUT2D eigenvalue weighted by atomic mass is 16.5. The molecule has 1 aliphatic rings. The van der Waals surface area contributed by atoms with Crippen LogP contribution in [0.1, 0.15) is 38.7 Å². The van der Waals surface area contributed by atoms with Crippen molar-refractivity contribution in [3.63, 3.8) is 0 Å². The Morgan fingerprint density at radius 2 is 2.12 bits per heavy atom. The highest BCUT2D eigenvalue weighted by molar-refractivity contribution is 6.01. The Hall–Kier alpha value is -2.04. The molecule has 0 N–H and O–H groups in total.